The number of aliphatic hydroxyl groups is 1. The van der Waals surface area contributed by atoms with Crippen LogP contribution in [0.2, 0.25) is 0 Å². The van der Waals surface area contributed by atoms with E-state index in [-0.39, 0.29) is 5.54 Å². The van der Waals surface area contributed by atoms with E-state index in [2.05, 4.69) is 5.32 Å². The van der Waals surface area contributed by atoms with Gasteiger partial charge in [-0.2, -0.15) is 0 Å². The third-order valence-electron chi connectivity index (χ3n) is 1.66. The van der Waals surface area contributed by atoms with Crippen molar-refractivity contribution in [2.24, 2.45) is 0 Å². The summed E-state index contributed by atoms with van der Waals surface area (Å²) in [5, 5.41) is 10.1. The lowest BCUT2D eigenvalue weighted by atomic mass is 10.0. The highest BCUT2D eigenvalue weighted by molar-refractivity contribution is 5.63. The highest BCUT2D eigenvalue weighted by atomic mass is 16.2. The Bertz CT molecular complexity index is 97.8. The van der Waals surface area contributed by atoms with Gasteiger partial charge in [0, 0.05) is 7.11 Å². The maximum atomic E-state index is 10.3. The first-order valence-corrected chi connectivity index (χ1v) is 3.43. The summed E-state index contributed by atoms with van der Waals surface area (Å²) in [7, 11) is 1.00. The zero-order valence-electron chi connectivity index (χ0n) is 6.55. The lowest BCUT2D eigenvalue weighted by Gasteiger charge is -2.13. The Balaban J connectivity index is 0.000000371. The lowest BCUT2D eigenvalue weighted by Crippen LogP contribution is -2.37. The SMILES string of the molecule is CC1(C=O)CCCN1.CO. The molecule has 0 aliphatic carbocycles. The second-order valence-electron chi connectivity index (χ2n) is 2.57. The minimum atomic E-state index is -0.194. The molecule has 0 aromatic carbocycles. The Morgan fingerprint density at radius 3 is 2.40 bits per heavy atom. The van der Waals surface area contributed by atoms with Crippen LogP contribution in [0.1, 0.15) is 19.8 Å². The molecular formula is C7H15NO2. The molecule has 3 heteroatoms. The molecule has 0 bridgehead atoms. The zero-order valence-corrected chi connectivity index (χ0v) is 6.55. The first-order chi connectivity index (χ1) is 4.77. The van der Waals surface area contributed by atoms with Crippen molar-refractivity contribution in [3.05, 3.63) is 0 Å². The summed E-state index contributed by atoms with van der Waals surface area (Å²) in [4.78, 5) is 10.3. The van der Waals surface area contributed by atoms with E-state index < -0.39 is 0 Å². The van der Waals surface area contributed by atoms with Crippen molar-refractivity contribution in [1.82, 2.24) is 5.32 Å². The maximum absolute atomic E-state index is 10.3. The van der Waals surface area contributed by atoms with Gasteiger partial charge < -0.3 is 15.2 Å². The molecule has 10 heavy (non-hydrogen) atoms. The van der Waals surface area contributed by atoms with Crippen LogP contribution in [0, 0.1) is 0 Å². The number of hydrogen-bond acceptors (Lipinski definition) is 3. The van der Waals surface area contributed by atoms with E-state index in [1.807, 2.05) is 6.92 Å². The Morgan fingerprint density at radius 1 is 1.60 bits per heavy atom. The predicted octanol–water partition coefficient (Wildman–Crippen LogP) is -0.0641. The molecule has 0 radical (unpaired) electrons. The Labute approximate surface area is 61.4 Å². The molecule has 1 atom stereocenters. The number of carbonyl (C=O) groups excluding carboxylic acids is 1. The lowest BCUT2D eigenvalue weighted by molar-refractivity contribution is -0.112. The van der Waals surface area contributed by atoms with Gasteiger partial charge in [0.05, 0.1) is 5.54 Å². The molecule has 1 saturated heterocycles. The average Bonchev–Trinajstić information content (AvgIpc) is 2.42. The van der Waals surface area contributed by atoms with Crippen LogP contribution in [0.5, 0.6) is 0 Å². The molecule has 1 heterocycles. The van der Waals surface area contributed by atoms with Crippen molar-refractivity contribution in [1.29, 1.82) is 0 Å². The molecule has 0 spiro atoms. The maximum Gasteiger partial charge on any atom is 0.139 e. The van der Waals surface area contributed by atoms with E-state index in [1.165, 1.54) is 0 Å². The number of nitrogens with one attached hydrogen (secondary N) is 1. The van der Waals surface area contributed by atoms with Gasteiger partial charge in [-0.3, -0.25) is 0 Å². The second kappa shape index (κ2) is 4.41. The molecule has 1 fully saturated rings. The Hall–Kier alpha value is -0.410. The highest BCUT2D eigenvalue weighted by Gasteiger charge is 2.26. The number of aliphatic hydroxyl groups excluding tert-OH is 1. The minimum Gasteiger partial charge on any atom is -0.400 e. The Morgan fingerprint density at radius 2 is 2.20 bits per heavy atom. The summed E-state index contributed by atoms with van der Waals surface area (Å²) < 4.78 is 0. The molecule has 0 saturated carbocycles. The van der Waals surface area contributed by atoms with Crippen LogP contribution in [-0.2, 0) is 4.79 Å². The van der Waals surface area contributed by atoms with Gasteiger partial charge in [-0.05, 0) is 26.3 Å². The van der Waals surface area contributed by atoms with Crippen molar-refractivity contribution in [3.63, 3.8) is 0 Å². The summed E-state index contributed by atoms with van der Waals surface area (Å²) in [6.07, 6.45) is 3.13. The largest absolute Gasteiger partial charge is 0.400 e. The van der Waals surface area contributed by atoms with Crippen molar-refractivity contribution in [2.45, 2.75) is 25.3 Å². The third kappa shape index (κ3) is 2.45. The Kier molecular flexibility index (Phi) is 4.23. The zero-order chi connectivity index (χ0) is 8.04. The summed E-state index contributed by atoms with van der Waals surface area (Å²) >= 11 is 0. The van der Waals surface area contributed by atoms with E-state index in [0.29, 0.717) is 0 Å². The monoisotopic (exact) mass is 145 g/mol. The van der Waals surface area contributed by atoms with E-state index in [0.717, 1.165) is 32.8 Å². The quantitative estimate of drug-likeness (QED) is 0.508. The summed E-state index contributed by atoms with van der Waals surface area (Å²) in [5.74, 6) is 0. The molecule has 0 aromatic rings. The fraction of sp³-hybridized carbons (Fsp3) is 0.857. The first kappa shape index (κ1) is 9.59. The molecule has 0 aromatic heterocycles. The van der Waals surface area contributed by atoms with Crippen LogP contribution < -0.4 is 5.32 Å². The van der Waals surface area contributed by atoms with Crippen LogP contribution in [0.3, 0.4) is 0 Å². The van der Waals surface area contributed by atoms with Crippen molar-refractivity contribution >= 4 is 6.29 Å². The summed E-state index contributed by atoms with van der Waals surface area (Å²) in [5.41, 5.74) is -0.194. The van der Waals surface area contributed by atoms with Gasteiger partial charge in [-0.25, -0.2) is 0 Å². The van der Waals surface area contributed by atoms with Gasteiger partial charge in [0.1, 0.15) is 6.29 Å². The number of aldehydes is 1. The van der Waals surface area contributed by atoms with Crippen molar-refractivity contribution in [2.75, 3.05) is 13.7 Å². The van der Waals surface area contributed by atoms with E-state index in [1.54, 1.807) is 0 Å². The van der Waals surface area contributed by atoms with E-state index in [9.17, 15) is 4.79 Å². The molecule has 1 aliphatic heterocycles. The fourth-order valence-electron chi connectivity index (χ4n) is 1.02. The highest BCUT2D eigenvalue weighted by Crippen LogP contribution is 2.14. The topological polar surface area (TPSA) is 49.3 Å². The third-order valence-corrected chi connectivity index (χ3v) is 1.66. The average molecular weight is 145 g/mol. The number of carbonyl (C=O) groups is 1. The van der Waals surface area contributed by atoms with Gasteiger partial charge in [0.25, 0.3) is 0 Å². The molecule has 1 aliphatic rings. The van der Waals surface area contributed by atoms with Crippen LogP contribution in [0.15, 0.2) is 0 Å². The van der Waals surface area contributed by atoms with Gasteiger partial charge >= 0.3 is 0 Å². The summed E-state index contributed by atoms with van der Waals surface area (Å²) in [6, 6.07) is 0. The second-order valence-corrected chi connectivity index (χ2v) is 2.57. The minimum absolute atomic E-state index is 0.194. The van der Waals surface area contributed by atoms with Gasteiger partial charge in [0.15, 0.2) is 0 Å². The fourth-order valence-corrected chi connectivity index (χ4v) is 1.02. The summed E-state index contributed by atoms with van der Waals surface area (Å²) in [6.45, 7) is 2.93. The molecule has 0 amide bonds. The van der Waals surface area contributed by atoms with Crippen LogP contribution >= 0.6 is 0 Å². The molecule has 1 unspecified atom stereocenters. The van der Waals surface area contributed by atoms with Gasteiger partial charge in [0.2, 0.25) is 0 Å². The normalized spacial score (nSPS) is 30.7. The van der Waals surface area contributed by atoms with Crippen LogP contribution in [0.25, 0.3) is 0 Å². The van der Waals surface area contributed by atoms with Gasteiger partial charge in [-0.15, -0.1) is 0 Å². The van der Waals surface area contributed by atoms with Crippen LogP contribution in [-0.4, -0.2) is 30.6 Å². The van der Waals surface area contributed by atoms with Gasteiger partial charge in [-0.1, -0.05) is 0 Å². The number of hydrogen-bond donors (Lipinski definition) is 2. The molecule has 60 valence electrons. The molecule has 2 N–H and O–H groups in total. The van der Waals surface area contributed by atoms with E-state index >= 15 is 0 Å². The molecule has 1 rings (SSSR count). The number of rotatable bonds is 1. The van der Waals surface area contributed by atoms with Crippen molar-refractivity contribution in [3.8, 4) is 0 Å². The first-order valence-electron chi connectivity index (χ1n) is 3.43. The molecule has 3 nitrogen and oxygen atoms in total. The molecular weight excluding hydrogens is 130 g/mol. The van der Waals surface area contributed by atoms with Crippen molar-refractivity contribution < 1.29 is 9.90 Å². The van der Waals surface area contributed by atoms with E-state index in [4.69, 9.17) is 5.11 Å². The predicted molar refractivity (Wildman–Crippen MR) is 39.8 cm³/mol. The van der Waals surface area contributed by atoms with Crippen LogP contribution in [0.4, 0.5) is 0 Å². The standard InChI is InChI=1S/C6H11NO.CH4O/c1-6(5-8)3-2-4-7-6;1-2/h5,7H,2-4H2,1H3;2H,1H3. The smallest absolute Gasteiger partial charge is 0.139 e.